The lowest BCUT2D eigenvalue weighted by atomic mass is 9.95. The highest BCUT2D eigenvalue weighted by atomic mass is 16.5. The summed E-state index contributed by atoms with van der Waals surface area (Å²) in [4.78, 5) is 24.1. The summed E-state index contributed by atoms with van der Waals surface area (Å²) in [6.45, 7) is 5.75. The van der Waals surface area contributed by atoms with Gasteiger partial charge in [-0.25, -0.2) is 9.59 Å². The van der Waals surface area contributed by atoms with Crippen LogP contribution in [0.25, 0.3) is 0 Å². The second-order valence-electron chi connectivity index (χ2n) is 5.15. The Morgan fingerprint density at radius 3 is 2.59 bits per heavy atom. The summed E-state index contributed by atoms with van der Waals surface area (Å²) < 4.78 is 5.23. The number of carbonyl (C=O) groups excluding carboxylic acids is 2. The molecular weight excluding hydrogens is 280 g/mol. The minimum Gasteiger partial charge on any atom is -0.458 e. The number of allylic oxidation sites excluding steroid dienone is 2. The molecule has 5 nitrogen and oxygen atoms in total. The van der Waals surface area contributed by atoms with Crippen molar-refractivity contribution in [3.63, 3.8) is 0 Å². The molecule has 1 heterocycles. The molecule has 5 heteroatoms. The van der Waals surface area contributed by atoms with Gasteiger partial charge in [-0.2, -0.15) is 0 Å². The molecule has 22 heavy (non-hydrogen) atoms. The second-order valence-corrected chi connectivity index (χ2v) is 5.15. The van der Waals surface area contributed by atoms with E-state index >= 15 is 0 Å². The van der Waals surface area contributed by atoms with Crippen LogP contribution in [0.3, 0.4) is 0 Å². The third kappa shape index (κ3) is 3.55. The van der Waals surface area contributed by atoms with Crippen LogP contribution in [0, 0.1) is 6.92 Å². The van der Waals surface area contributed by atoms with Gasteiger partial charge in [0.1, 0.15) is 6.61 Å². The molecule has 1 aromatic rings. The first-order valence-corrected chi connectivity index (χ1v) is 7.16. The zero-order chi connectivity index (χ0) is 16.1. The molecule has 0 fully saturated rings. The maximum Gasteiger partial charge on any atom is 0.338 e. The number of benzene rings is 1. The molecule has 1 aromatic carbocycles. The van der Waals surface area contributed by atoms with Crippen LogP contribution in [-0.2, 0) is 9.53 Å². The number of hydrogen-bond acceptors (Lipinski definition) is 3. The van der Waals surface area contributed by atoms with Crippen LogP contribution in [-0.4, -0.2) is 18.6 Å². The van der Waals surface area contributed by atoms with Crippen molar-refractivity contribution in [2.75, 3.05) is 6.61 Å². The van der Waals surface area contributed by atoms with E-state index < -0.39 is 12.0 Å². The van der Waals surface area contributed by atoms with Crippen LogP contribution in [0.1, 0.15) is 31.0 Å². The lowest BCUT2D eigenvalue weighted by Gasteiger charge is -2.28. The van der Waals surface area contributed by atoms with E-state index in [-0.39, 0.29) is 12.6 Å². The third-order valence-electron chi connectivity index (χ3n) is 3.45. The maximum absolute atomic E-state index is 12.3. The number of hydrogen-bond donors (Lipinski definition) is 2. The van der Waals surface area contributed by atoms with Gasteiger partial charge >= 0.3 is 12.0 Å². The van der Waals surface area contributed by atoms with Gasteiger partial charge in [0.2, 0.25) is 0 Å². The minimum absolute atomic E-state index is 0.209. The predicted octanol–water partition coefficient (Wildman–Crippen LogP) is 2.74. The fourth-order valence-electron chi connectivity index (χ4n) is 2.27. The molecule has 2 amide bonds. The molecule has 0 saturated heterocycles. The molecule has 2 N–H and O–H groups in total. The maximum atomic E-state index is 12.3. The van der Waals surface area contributed by atoms with Crippen molar-refractivity contribution in [2.24, 2.45) is 0 Å². The molecule has 0 spiro atoms. The highest BCUT2D eigenvalue weighted by Crippen LogP contribution is 2.27. The van der Waals surface area contributed by atoms with Crippen molar-refractivity contribution in [2.45, 2.75) is 26.8 Å². The summed E-state index contributed by atoms with van der Waals surface area (Å²) in [6, 6.07) is 6.86. The predicted molar refractivity (Wildman–Crippen MR) is 84.1 cm³/mol. The summed E-state index contributed by atoms with van der Waals surface area (Å²) in [7, 11) is 0. The van der Waals surface area contributed by atoms with Crippen molar-refractivity contribution in [3.8, 4) is 0 Å². The molecule has 0 saturated carbocycles. The van der Waals surface area contributed by atoms with E-state index in [4.69, 9.17) is 4.74 Å². The van der Waals surface area contributed by atoms with Crippen molar-refractivity contribution in [3.05, 3.63) is 58.8 Å². The van der Waals surface area contributed by atoms with Crippen molar-refractivity contribution in [1.29, 1.82) is 0 Å². The number of rotatable bonds is 4. The smallest absolute Gasteiger partial charge is 0.338 e. The second kappa shape index (κ2) is 6.93. The molecule has 1 atom stereocenters. The number of urea groups is 1. The first kappa shape index (κ1) is 15.8. The van der Waals surface area contributed by atoms with E-state index in [1.807, 2.05) is 44.2 Å². The van der Waals surface area contributed by atoms with Gasteiger partial charge in [-0.15, -0.1) is 0 Å². The molecule has 116 valence electrons. The van der Waals surface area contributed by atoms with E-state index in [0.29, 0.717) is 11.3 Å². The number of nitrogens with one attached hydrogen (secondary N) is 2. The molecule has 1 aliphatic heterocycles. The normalized spacial score (nSPS) is 18.1. The Bertz CT molecular complexity index is 630. The van der Waals surface area contributed by atoms with E-state index in [1.54, 1.807) is 13.0 Å². The highest BCUT2D eigenvalue weighted by Gasteiger charge is 2.31. The van der Waals surface area contributed by atoms with Crippen LogP contribution in [0.4, 0.5) is 4.79 Å². The number of ether oxygens (including phenoxy) is 1. The Balaban J connectivity index is 2.32. The van der Waals surface area contributed by atoms with Crippen molar-refractivity contribution >= 4 is 12.0 Å². The van der Waals surface area contributed by atoms with Crippen molar-refractivity contribution in [1.82, 2.24) is 10.6 Å². The SMILES string of the molecule is CC=CCOC(=O)C1=C(C)NC(=O)NC1c1ccc(C)cc1. The summed E-state index contributed by atoms with van der Waals surface area (Å²) >= 11 is 0. The number of aryl methyl sites for hydroxylation is 1. The fraction of sp³-hybridized carbons (Fsp3) is 0.294. The van der Waals surface area contributed by atoms with Crippen molar-refractivity contribution < 1.29 is 14.3 Å². The van der Waals surface area contributed by atoms with Gasteiger partial charge in [0.15, 0.2) is 0 Å². The molecule has 2 rings (SSSR count). The fourth-order valence-corrected chi connectivity index (χ4v) is 2.27. The Kier molecular flexibility index (Phi) is 4.99. The quantitative estimate of drug-likeness (QED) is 0.663. The molecule has 1 unspecified atom stereocenters. The van der Waals surface area contributed by atoms with Crippen LogP contribution in [0.15, 0.2) is 47.7 Å². The molecular formula is C17H20N2O3. The van der Waals surface area contributed by atoms with Crippen LogP contribution >= 0.6 is 0 Å². The molecule has 0 radical (unpaired) electrons. The number of carbonyl (C=O) groups is 2. The Morgan fingerprint density at radius 1 is 1.27 bits per heavy atom. The van der Waals surface area contributed by atoms with Gasteiger partial charge in [0.05, 0.1) is 11.6 Å². The average molecular weight is 300 g/mol. The third-order valence-corrected chi connectivity index (χ3v) is 3.45. The zero-order valence-electron chi connectivity index (χ0n) is 13.0. The van der Waals surface area contributed by atoms with Gasteiger partial charge in [0, 0.05) is 5.70 Å². The highest BCUT2D eigenvalue weighted by molar-refractivity contribution is 5.95. The summed E-state index contributed by atoms with van der Waals surface area (Å²) in [5.41, 5.74) is 2.90. The Labute approximate surface area is 130 Å². The Hall–Kier alpha value is -2.56. The summed E-state index contributed by atoms with van der Waals surface area (Å²) in [6.07, 6.45) is 3.57. The van der Waals surface area contributed by atoms with Crippen LogP contribution in [0.5, 0.6) is 0 Å². The van der Waals surface area contributed by atoms with E-state index in [2.05, 4.69) is 10.6 Å². The molecule has 1 aliphatic rings. The van der Waals surface area contributed by atoms with E-state index in [1.165, 1.54) is 0 Å². The summed E-state index contributed by atoms with van der Waals surface area (Å²) in [5, 5.41) is 5.40. The lowest BCUT2D eigenvalue weighted by Crippen LogP contribution is -2.45. The van der Waals surface area contributed by atoms with Crippen LogP contribution < -0.4 is 10.6 Å². The average Bonchev–Trinajstić information content (AvgIpc) is 2.47. The van der Waals surface area contributed by atoms with E-state index in [9.17, 15) is 9.59 Å². The first-order chi connectivity index (χ1) is 10.5. The van der Waals surface area contributed by atoms with E-state index in [0.717, 1.165) is 11.1 Å². The van der Waals surface area contributed by atoms with Crippen LogP contribution in [0.2, 0.25) is 0 Å². The standard InChI is InChI=1S/C17H20N2O3/c1-4-5-10-22-16(20)14-12(3)18-17(21)19-15(14)13-8-6-11(2)7-9-13/h4-9,15H,10H2,1-3H3,(H2,18,19,21). The van der Waals surface area contributed by atoms with Gasteiger partial charge < -0.3 is 15.4 Å². The molecule has 0 aromatic heterocycles. The van der Waals surface area contributed by atoms with Gasteiger partial charge in [-0.1, -0.05) is 42.0 Å². The topological polar surface area (TPSA) is 67.4 Å². The van der Waals surface area contributed by atoms with Gasteiger partial charge in [-0.05, 0) is 26.3 Å². The number of esters is 1. The van der Waals surface area contributed by atoms with Gasteiger partial charge in [0.25, 0.3) is 0 Å². The largest absolute Gasteiger partial charge is 0.458 e. The monoisotopic (exact) mass is 300 g/mol. The first-order valence-electron chi connectivity index (χ1n) is 7.16. The Morgan fingerprint density at radius 2 is 1.95 bits per heavy atom. The van der Waals surface area contributed by atoms with Gasteiger partial charge in [-0.3, -0.25) is 0 Å². The summed E-state index contributed by atoms with van der Waals surface area (Å²) in [5.74, 6) is -0.436. The lowest BCUT2D eigenvalue weighted by molar-refractivity contribution is -0.138. The molecule has 0 aliphatic carbocycles. The number of amides is 2. The zero-order valence-corrected chi connectivity index (χ0v) is 13.0. The minimum atomic E-state index is -0.507. The molecule has 0 bridgehead atoms.